The predicted octanol–water partition coefficient (Wildman–Crippen LogP) is 11.2. The summed E-state index contributed by atoms with van der Waals surface area (Å²) in [5.41, 5.74) is 12.6. The van der Waals surface area contributed by atoms with Gasteiger partial charge >= 0.3 is 0 Å². The lowest BCUT2D eigenvalue weighted by Crippen LogP contribution is -2.59. The highest BCUT2D eigenvalue weighted by Crippen LogP contribution is 2.69. The van der Waals surface area contributed by atoms with E-state index < -0.39 is 0 Å². The van der Waals surface area contributed by atoms with Crippen LogP contribution in [-0.4, -0.2) is 51.6 Å². The molecule has 5 heteroatoms. The van der Waals surface area contributed by atoms with Gasteiger partial charge in [-0.1, -0.05) is 111 Å². The second-order valence-corrected chi connectivity index (χ2v) is 18.9. The van der Waals surface area contributed by atoms with Crippen molar-refractivity contribution in [3.05, 3.63) is 0 Å². The summed E-state index contributed by atoms with van der Waals surface area (Å²) in [6.45, 7) is 15.9. The average molecular weight is 716 g/mol. The highest BCUT2D eigenvalue weighted by molar-refractivity contribution is 5.12. The Morgan fingerprint density at radius 3 is 1.84 bits per heavy atom. The number of nitrogens with one attached hydrogen (secondary N) is 1. The van der Waals surface area contributed by atoms with Gasteiger partial charge in [0.2, 0.25) is 0 Å². The second-order valence-electron chi connectivity index (χ2n) is 18.9. The number of ether oxygens (including phenoxy) is 2. The molecule has 6 unspecified atom stereocenters. The van der Waals surface area contributed by atoms with Gasteiger partial charge in [0.25, 0.3) is 0 Å². The molecule has 4 saturated carbocycles. The maximum absolute atomic E-state index is 6.89. The molecule has 0 saturated heterocycles. The Bertz CT molecular complexity index is 902. The normalized spacial score (nSPS) is 33.9. The Kier molecular flexibility index (Phi) is 20.2. The van der Waals surface area contributed by atoms with E-state index in [9.17, 15) is 0 Å². The molecule has 0 aromatic rings. The SMILES string of the molecule is CCCCCCCCCCCCCCCCNCCCC(C)C1CC[C@H]2C3[C@H](OCCCN)CC4C[C@H](OCCCN)CCC4(C)[C@H]3CCC12C. The zero-order chi connectivity index (χ0) is 36.4. The van der Waals surface area contributed by atoms with Crippen LogP contribution < -0.4 is 16.8 Å². The van der Waals surface area contributed by atoms with Gasteiger partial charge in [-0.05, 0) is 156 Å². The number of hydrogen-bond donors (Lipinski definition) is 3. The van der Waals surface area contributed by atoms with Crippen LogP contribution in [0.4, 0.5) is 0 Å². The fourth-order valence-electron chi connectivity index (χ4n) is 12.4. The van der Waals surface area contributed by atoms with Gasteiger partial charge in [0.1, 0.15) is 0 Å². The third-order valence-electron chi connectivity index (χ3n) is 15.5. The molecule has 0 radical (unpaired) electrons. The number of hydrogen-bond acceptors (Lipinski definition) is 5. The highest BCUT2D eigenvalue weighted by atomic mass is 16.5. The minimum atomic E-state index is 0.403. The Morgan fingerprint density at radius 2 is 1.20 bits per heavy atom. The fourth-order valence-corrected chi connectivity index (χ4v) is 12.4. The van der Waals surface area contributed by atoms with E-state index in [1.165, 1.54) is 167 Å². The molecular formula is C46H89N3O2. The molecule has 4 aliphatic carbocycles. The quantitative estimate of drug-likeness (QED) is 0.0703. The molecule has 4 fully saturated rings. The van der Waals surface area contributed by atoms with Crippen molar-refractivity contribution < 1.29 is 9.47 Å². The van der Waals surface area contributed by atoms with Crippen molar-refractivity contribution in [2.24, 2.45) is 57.8 Å². The van der Waals surface area contributed by atoms with Crippen LogP contribution in [0, 0.1) is 46.3 Å². The van der Waals surface area contributed by atoms with Crippen LogP contribution in [0.5, 0.6) is 0 Å². The summed E-state index contributed by atoms with van der Waals surface area (Å²) in [6.07, 6.45) is 36.3. The van der Waals surface area contributed by atoms with Crippen molar-refractivity contribution >= 4 is 0 Å². The summed E-state index contributed by atoms with van der Waals surface area (Å²) >= 11 is 0. The van der Waals surface area contributed by atoms with Gasteiger partial charge in [-0.15, -0.1) is 0 Å². The largest absolute Gasteiger partial charge is 0.378 e. The van der Waals surface area contributed by atoms with E-state index in [2.05, 4.69) is 33.0 Å². The summed E-state index contributed by atoms with van der Waals surface area (Å²) in [5, 5.41) is 3.82. The van der Waals surface area contributed by atoms with Crippen LogP contribution in [0.15, 0.2) is 0 Å². The van der Waals surface area contributed by atoms with Gasteiger partial charge in [-0.3, -0.25) is 0 Å². The average Bonchev–Trinajstić information content (AvgIpc) is 3.48. The number of unbranched alkanes of at least 4 members (excludes halogenated alkanes) is 13. The molecule has 0 bridgehead atoms. The van der Waals surface area contributed by atoms with E-state index in [0.717, 1.165) is 74.7 Å². The number of nitrogens with two attached hydrogens (primary N) is 2. The van der Waals surface area contributed by atoms with Gasteiger partial charge in [0.15, 0.2) is 0 Å². The molecule has 5 N–H and O–H groups in total. The first-order valence-electron chi connectivity index (χ1n) is 23.2. The molecule has 4 aliphatic rings. The first kappa shape index (κ1) is 43.5. The molecule has 300 valence electrons. The first-order chi connectivity index (χ1) is 24.9. The standard InChI is InChI=1S/C46H89N3O2/c1-5-6-7-8-9-10-11-12-13-14-15-16-17-18-31-49-32-19-22-37(2)40-23-24-41-44-42(26-28-46(40,41)4)45(3)27-25-39(50-33-20-29-47)35-38(45)36-43(44)51-34-21-30-48/h37-44,49H,5-36,47-48H2,1-4H3/t37?,38?,39-,40?,41+,42+,43-,44?,45?,46?/m1/s1. The lowest BCUT2D eigenvalue weighted by Gasteiger charge is -2.63. The summed E-state index contributed by atoms with van der Waals surface area (Å²) in [7, 11) is 0. The van der Waals surface area contributed by atoms with Crippen molar-refractivity contribution in [3.63, 3.8) is 0 Å². The van der Waals surface area contributed by atoms with Crippen LogP contribution in [0.3, 0.4) is 0 Å². The lowest BCUT2D eigenvalue weighted by molar-refractivity contribution is -0.191. The minimum absolute atomic E-state index is 0.403. The molecule has 0 spiro atoms. The van der Waals surface area contributed by atoms with Gasteiger partial charge in [0, 0.05) is 13.2 Å². The number of rotatable bonds is 28. The van der Waals surface area contributed by atoms with Crippen molar-refractivity contribution in [1.29, 1.82) is 0 Å². The maximum atomic E-state index is 6.89. The monoisotopic (exact) mass is 716 g/mol. The molecule has 0 aliphatic heterocycles. The van der Waals surface area contributed by atoms with Gasteiger partial charge in [-0.2, -0.15) is 0 Å². The molecule has 0 amide bonds. The predicted molar refractivity (Wildman–Crippen MR) is 219 cm³/mol. The second kappa shape index (κ2) is 23.7. The molecule has 0 heterocycles. The summed E-state index contributed by atoms with van der Waals surface area (Å²) in [4.78, 5) is 0. The molecular weight excluding hydrogens is 627 g/mol. The number of fused-ring (bicyclic) bond motifs is 5. The first-order valence-corrected chi connectivity index (χ1v) is 23.2. The van der Waals surface area contributed by atoms with Crippen molar-refractivity contribution in [3.8, 4) is 0 Å². The van der Waals surface area contributed by atoms with Crippen LogP contribution in [0.25, 0.3) is 0 Å². The van der Waals surface area contributed by atoms with Gasteiger partial charge < -0.3 is 26.3 Å². The maximum Gasteiger partial charge on any atom is 0.0611 e. The minimum Gasteiger partial charge on any atom is -0.378 e. The van der Waals surface area contributed by atoms with Crippen LogP contribution >= 0.6 is 0 Å². The molecule has 51 heavy (non-hydrogen) atoms. The van der Waals surface area contributed by atoms with Crippen LogP contribution in [0.2, 0.25) is 0 Å². The third-order valence-corrected chi connectivity index (χ3v) is 15.5. The van der Waals surface area contributed by atoms with Gasteiger partial charge in [-0.25, -0.2) is 0 Å². The highest BCUT2D eigenvalue weighted by Gasteiger charge is 2.63. The molecule has 0 aromatic carbocycles. The van der Waals surface area contributed by atoms with E-state index in [0.29, 0.717) is 23.0 Å². The van der Waals surface area contributed by atoms with E-state index in [1.54, 1.807) is 0 Å². The zero-order valence-electron chi connectivity index (χ0n) is 34.7. The van der Waals surface area contributed by atoms with E-state index in [1.807, 2.05) is 0 Å². The van der Waals surface area contributed by atoms with E-state index in [4.69, 9.17) is 20.9 Å². The van der Waals surface area contributed by atoms with E-state index in [-0.39, 0.29) is 0 Å². The molecule has 5 nitrogen and oxygen atoms in total. The topological polar surface area (TPSA) is 82.5 Å². The summed E-state index contributed by atoms with van der Waals surface area (Å²) in [6, 6.07) is 0. The smallest absolute Gasteiger partial charge is 0.0611 e. The summed E-state index contributed by atoms with van der Waals surface area (Å²) in [5.74, 6) is 4.76. The van der Waals surface area contributed by atoms with Gasteiger partial charge in [0.05, 0.1) is 12.2 Å². The molecule has 4 rings (SSSR count). The Balaban J connectivity index is 1.14. The van der Waals surface area contributed by atoms with Crippen LogP contribution in [-0.2, 0) is 9.47 Å². The summed E-state index contributed by atoms with van der Waals surface area (Å²) < 4.78 is 13.3. The Morgan fingerprint density at radius 1 is 0.627 bits per heavy atom. The fraction of sp³-hybridized carbons (Fsp3) is 1.00. The van der Waals surface area contributed by atoms with E-state index >= 15 is 0 Å². The molecule has 10 atom stereocenters. The van der Waals surface area contributed by atoms with Crippen molar-refractivity contribution in [2.45, 2.75) is 207 Å². The lowest BCUT2D eigenvalue weighted by atomic mass is 9.43. The molecule has 0 aromatic heterocycles. The Labute approximate surface area is 318 Å². The van der Waals surface area contributed by atoms with Crippen molar-refractivity contribution in [2.75, 3.05) is 39.4 Å². The van der Waals surface area contributed by atoms with Crippen LogP contribution in [0.1, 0.15) is 195 Å². The third kappa shape index (κ3) is 12.7. The zero-order valence-corrected chi connectivity index (χ0v) is 34.7. The Hall–Kier alpha value is -0.200. The van der Waals surface area contributed by atoms with Crippen molar-refractivity contribution in [1.82, 2.24) is 5.32 Å².